The highest BCUT2D eigenvalue weighted by Crippen LogP contribution is 2.13. The highest BCUT2D eigenvalue weighted by Gasteiger charge is 2.08. The van der Waals surface area contributed by atoms with Crippen LogP contribution in [0.1, 0.15) is 29.4 Å². The Balaban J connectivity index is 1.88. The minimum Gasteiger partial charge on any atom is -0.310 e. The average molecular weight is 322 g/mol. The fourth-order valence-electron chi connectivity index (χ4n) is 2.16. The molecule has 0 amide bonds. The van der Waals surface area contributed by atoms with E-state index in [4.69, 9.17) is 0 Å². The van der Waals surface area contributed by atoms with Gasteiger partial charge >= 0.3 is 0 Å². The Bertz CT molecular complexity index is 511. The molecule has 1 aromatic heterocycles. The third kappa shape index (κ3) is 3.91. The van der Waals surface area contributed by atoms with Crippen LogP contribution in [-0.2, 0) is 13.0 Å². The monoisotopic (exact) mass is 321 g/mol. The highest BCUT2D eigenvalue weighted by atomic mass is 79.9. The van der Waals surface area contributed by atoms with E-state index in [-0.39, 0.29) is 0 Å². The minimum absolute atomic E-state index is 0.440. The predicted molar refractivity (Wildman–Crippen MR) is 82.2 cm³/mol. The van der Waals surface area contributed by atoms with E-state index in [1.165, 1.54) is 11.1 Å². The Kier molecular flexibility index (Phi) is 4.77. The van der Waals surface area contributed by atoms with Crippen LogP contribution in [0.25, 0.3) is 0 Å². The van der Waals surface area contributed by atoms with Gasteiger partial charge in [0.25, 0.3) is 0 Å². The Morgan fingerprint density at radius 2 is 1.95 bits per heavy atom. The zero-order chi connectivity index (χ0) is 13.8. The fraction of sp³-hybridized carbons (Fsp3) is 0.400. The van der Waals surface area contributed by atoms with E-state index in [2.05, 4.69) is 69.6 Å². The van der Waals surface area contributed by atoms with Gasteiger partial charge in [-0.05, 0) is 44.9 Å². The van der Waals surface area contributed by atoms with Crippen LogP contribution < -0.4 is 5.32 Å². The Labute approximate surface area is 122 Å². The summed E-state index contributed by atoms with van der Waals surface area (Å²) < 4.78 is 1.13. The number of hydrogen-bond acceptors (Lipinski definition) is 2. The highest BCUT2D eigenvalue weighted by molar-refractivity contribution is 9.10. The number of aryl methyl sites for hydroxylation is 2. The first-order valence-electron chi connectivity index (χ1n) is 6.54. The lowest BCUT2D eigenvalue weighted by atomic mass is 10.1. The molecule has 1 atom stereocenters. The third-order valence-electron chi connectivity index (χ3n) is 3.36. The zero-order valence-corrected chi connectivity index (χ0v) is 13.2. The van der Waals surface area contributed by atoms with Crippen molar-refractivity contribution in [2.45, 2.75) is 39.8 Å². The summed E-state index contributed by atoms with van der Waals surface area (Å²) in [7, 11) is 0. The standard InChI is InChI=1S/C15H20BrN3/c1-10(8-13-4-6-14(16)7-5-13)17-9-15-11(2)18-19-12(15)3/h4-7,10,17H,8-9H2,1-3H3,(H,18,19). The Morgan fingerprint density at radius 1 is 1.26 bits per heavy atom. The lowest BCUT2D eigenvalue weighted by Gasteiger charge is -2.14. The van der Waals surface area contributed by atoms with E-state index in [0.29, 0.717) is 6.04 Å². The van der Waals surface area contributed by atoms with Crippen LogP contribution in [0.2, 0.25) is 0 Å². The summed E-state index contributed by atoms with van der Waals surface area (Å²) in [5.41, 5.74) is 4.87. The quantitative estimate of drug-likeness (QED) is 0.884. The largest absolute Gasteiger partial charge is 0.310 e. The number of rotatable bonds is 5. The normalized spacial score (nSPS) is 12.6. The minimum atomic E-state index is 0.440. The molecule has 0 saturated heterocycles. The molecular formula is C15H20BrN3. The molecule has 19 heavy (non-hydrogen) atoms. The van der Waals surface area contributed by atoms with Crippen LogP contribution in [0.5, 0.6) is 0 Å². The molecule has 1 aromatic carbocycles. The maximum absolute atomic E-state index is 4.22. The van der Waals surface area contributed by atoms with Gasteiger partial charge in [0.15, 0.2) is 0 Å². The van der Waals surface area contributed by atoms with E-state index in [1.807, 2.05) is 6.92 Å². The molecule has 0 spiro atoms. The van der Waals surface area contributed by atoms with Gasteiger partial charge in [0, 0.05) is 28.3 Å². The Morgan fingerprint density at radius 3 is 2.53 bits per heavy atom. The van der Waals surface area contributed by atoms with Gasteiger partial charge in [-0.15, -0.1) is 0 Å². The molecule has 4 heteroatoms. The van der Waals surface area contributed by atoms with Crippen LogP contribution in [0, 0.1) is 13.8 Å². The molecule has 0 aliphatic carbocycles. The summed E-state index contributed by atoms with van der Waals surface area (Å²) in [6, 6.07) is 8.95. The van der Waals surface area contributed by atoms with Gasteiger partial charge in [0.1, 0.15) is 0 Å². The molecule has 2 N–H and O–H groups in total. The summed E-state index contributed by atoms with van der Waals surface area (Å²) in [6.07, 6.45) is 1.03. The van der Waals surface area contributed by atoms with Crippen molar-refractivity contribution in [3.63, 3.8) is 0 Å². The summed E-state index contributed by atoms with van der Waals surface area (Å²) in [5.74, 6) is 0. The maximum atomic E-state index is 4.22. The molecule has 0 bridgehead atoms. The molecule has 3 nitrogen and oxygen atoms in total. The molecule has 2 aromatic rings. The summed E-state index contributed by atoms with van der Waals surface area (Å²) in [6.45, 7) is 7.19. The molecule has 1 unspecified atom stereocenters. The Hall–Kier alpha value is -1.13. The van der Waals surface area contributed by atoms with E-state index < -0.39 is 0 Å². The molecule has 0 radical (unpaired) electrons. The molecule has 0 fully saturated rings. The first-order valence-corrected chi connectivity index (χ1v) is 7.34. The second-order valence-electron chi connectivity index (χ2n) is 5.03. The second-order valence-corrected chi connectivity index (χ2v) is 5.94. The van der Waals surface area contributed by atoms with Gasteiger partial charge in [-0.1, -0.05) is 28.1 Å². The number of aromatic nitrogens is 2. The van der Waals surface area contributed by atoms with E-state index in [1.54, 1.807) is 0 Å². The summed E-state index contributed by atoms with van der Waals surface area (Å²) in [4.78, 5) is 0. The van der Waals surface area contributed by atoms with E-state index >= 15 is 0 Å². The van der Waals surface area contributed by atoms with Crippen molar-refractivity contribution >= 4 is 15.9 Å². The number of nitrogens with one attached hydrogen (secondary N) is 2. The van der Waals surface area contributed by atoms with Gasteiger partial charge in [0.2, 0.25) is 0 Å². The molecule has 1 heterocycles. The van der Waals surface area contributed by atoms with Crippen LogP contribution in [0.15, 0.2) is 28.7 Å². The second kappa shape index (κ2) is 6.35. The lowest BCUT2D eigenvalue weighted by molar-refractivity contribution is 0.543. The SMILES string of the molecule is Cc1n[nH]c(C)c1CNC(C)Cc1ccc(Br)cc1. The van der Waals surface area contributed by atoms with Crippen molar-refractivity contribution in [1.29, 1.82) is 0 Å². The third-order valence-corrected chi connectivity index (χ3v) is 3.89. The number of H-pyrrole nitrogens is 1. The van der Waals surface area contributed by atoms with Crippen molar-refractivity contribution in [2.24, 2.45) is 0 Å². The van der Waals surface area contributed by atoms with Gasteiger partial charge < -0.3 is 5.32 Å². The molecule has 0 aliphatic rings. The van der Waals surface area contributed by atoms with Crippen LogP contribution >= 0.6 is 15.9 Å². The van der Waals surface area contributed by atoms with Gasteiger partial charge in [-0.25, -0.2) is 0 Å². The van der Waals surface area contributed by atoms with Crippen molar-refractivity contribution in [3.05, 3.63) is 51.3 Å². The molecule has 2 rings (SSSR count). The van der Waals surface area contributed by atoms with Gasteiger partial charge in [-0.3, -0.25) is 5.10 Å². The van der Waals surface area contributed by atoms with E-state index in [0.717, 1.165) is 28.8 Å². The lowest BCUT2D eigenvalue weighted by Crippen LogP contribution is -2.27. The average Bonchev–Trinajstić information content (AvgIpc) is 2.70. The first-order chi connectivity index (χ1) is 9.06. The number of benzene rings is 1. The van der Waals surface area contributed by atoms with Crippen LogP contribution in [0.3, 0.4) is 0 Å². The molecule has 102 valence electrons. The first kappa shape index (κ1) is 14.3. The van der Waals surface area contributed by atoms with Crippen molar-refractivity contribution < 1.29 is 0 Å². The number of aromatic amines is 1. The van der Waals surface area contributed by atoms with Crippen LogP contribution in [0.4, 0.5) is 0 Å². The summed E-state index contributed by atoms with van der Waals surface area (Å²) in [5, 5.41) is 10.8. The topological polar surface area (TPSA) is 40.7 Å². The van der Waals surface area contributed by atoms with Crippen molar-refractivity contribution in [3.8, 4) is 0 Å². The predicted octanol–water partition coefficient (Wildman–Crippen LogP) is 3.51. The van der Waals surface area contributed by atoms with Gasteiger partial charge in [-0.2, -0.15) is 5.10 Å². The molecule has 0 saturated carbocycles. The van der Waals surface area contributed by atoms with Gasteiger partial charge in [0.05, 0.1) is 5.69 Å². The zero-order valence-electron chi connectivity index (χ0n) is 11.6. The maximum Gasteiger partial charge on any atom is 0.0638 e. The van der Waals surface area contributed by atoms with Crippen molar-refractivity contribution in [2.75, 3.05) is 0 Å². The fourth-order valence-corrected chi connectivity index (χ4v) is 2.42. The van der Waals surface area contributed by atoms with E-state index in [9.17, 15) is 0 Å². The summed E-state index contributed by atoms with van der Waals surface area (Å²) >= 11 is 3.46. The van der Waals surface area contributed by atoms with Crippen molar-refractivity contribution in [1.82, 2.24) is 15.5 Å². The number of nitrogens with zero attached hydrogens (tertiary/aromatic N) is 1. The molecule has 0 aliphatic heterocycles. The van der Waals surface area contributed by atoms with Crippen LogP contribution in [-0.4, -0.2) is 16.2 Å². The number of hydrogen-bond donors (Lipinski definition) is 2. The molecular weight excluding hydrogens is 302 g/mol. The number of halogens is 1. The smallest absolute Gasteiger partial charge is 0.0638 e.